The number of halogens is 1. The highest BCUT2D eigenvalue weighted by Crippen LogP contribution is 2.16. The van der Waals surface area contributed by atoms with Gasteiger partial charge in [-0.1, -0.05) is 28.6 Å². The zero-order valence-corrected chi connectivity index (χ0v) is 11.2. The molecular formula is C10H15BBrN3O2. The van der Waals surface area contributed by atoms with Crippen LogP contribution in [0.4, 0.5) is 0 Å². The molecule has 1 aliphatic heterocycles. The number of nitrogens with two attached hydrogens (primary N) is 1. The van der Waals surface area contributed by atoms with Crippen molar-refractivity contribution in [3.63, 3.8) is 0 Å². The Bertz CT molecular complexity index is 382. The second-order valence-electron chi connectivity index (χ2n) is 3.56. The molecule has 0 bridgehead atoms. The molecule has 0 aromatic heterocycles. The maximum atomic E-state index is 11.7. The molecule has 1 rings (SSSR count). The van der Waals surface area contributed by atoms with E-state index in [1.807, 2.05) is 0 Å². The summed E-state index contributed by atoms with van der Waals surface area (Å²) < 4.78 is 5.62. The summed E-state index contributed by atoms with van der Waals surface area (Å²) in [5.41, 5.74) is 7.12. The first kappa shape index (κ1) is 14.0. The third-order valence-electron chi connectivity index (χ3n) is 2.30. The van der Waals surface area contributed by atoms with E-state index in [1.54, 1.807) is 19.3 Å². The molecule has 92 valence electrons. The van der Waals surface area contributed by atoms with E-state index >= 15 is 0 Å². The molecule has 1 amide bonds. The van der Waals surface area contributed by atoms with Gasteiger partial charge in [0.05, 0.1) is 11.7 Å². The Morgan fingerprint density at radius 3 is 3.12 bits per heavy atom. The quantitative estimate of drug-likeness (QED) is 0.494. The maximum Gasteiger partial charge on any atom is 0.361 e. The number of rotatable bonds is 5. The van der Waals surface area contributed by atoms with E-state index in [0.29, 0.717) is 25.4 Å². The molecular weight excluding hydrogens is 285 g/mol. The van der Waals surface area contributed by atoms with Crippen LogP contribution in [0, 0.1) is 0 Å². The largest absolute Gasteiger partial charge is 0.427 e. The normalized spacial score (nSPS) is 21.2. The Morgan fingerprint density at radius 1 is 1.82 bits per heavy atom. The van der Waals surface area contributed by atoms with Crippen LogP contribution in [0.3, 0.4) is 0 Å². The van der Waals surface area contributed by atoms with Gasteiger partial charge in [-0.3, -0.25) is 4.79 Å². The van der Waals surface area contributed by atoms with Gasteiger partial charge in [-0.05, 0) is 6.08 Å². The van der Waals surface area contributed by atoms with Crippen molar-refractivity contribution in [2.45, 2.75) is 12.5 Å². The highest BCUT2D eigenvalue weighted by molar-refractivity contribution is 9.11. The van der Waals surface area contributed by atoms with Crippen molar-refractivity contribution >= 4 is 29.5 Å². The minimum absolute atomic E-state index is 0.119. The highest BCUT2D eigenvalue weighted by atomic mass is 79.9. The summed E-state index contributed by atoms with van der Waals surface area (Å²) in [5, 5.41) is 5.67. The summed E-state index contributed by atoms with van der Waals surface area (Å²) in [6, 6.07) is -0.352. The predicted molar refractivity (Wildman–Crippen MR) is 72.3 cm³/mol. The Hall–Kier alpha value is -1.05. The summed E-state index contributed by atoms with van der Waals surface area (Å²) in [6.45, 7) is 3.61. The topological polar surface area (TPSA) is 76.4 Å². The molecule has 17 heavy (non-hydrogen) atoms. The van der Waals surface area contributed by atoms with Gasteiger partial charge in [0.15, 0.2) is 0 Å². The molecule has 1 atom stereocenters. The standard InChI is InChI=1S/C10H15BBrN3O2/c1-3-6(12)4-8-7(13)5-9(10(16)14-8)15-11-17-2/h3-4,9,11,15H,1,5,13H2,2H3,(H,14,16)/b6-4+/t9-/m1/s1. The molecule has 5 nitrogen and oxygen atoms in total. The van der Waals surface area contributed by atoms with Crippen LogP contribution in [0.15, 0.2) is 34.6 Å². The van der Waals surface area contributed by atoms with Crippen molar-refractivity contribution in [2.24, 2.45) is 5.73 Å². The summed E-state index contributed by atoms with van der Waals surface area (Å²) in [7, 11) is 1.87. The van der Waals surface area contributed by atoms with Gasteiger partial charge in [-0.2, -0.15) is 0 Å². The van der Waals surface area contributed by atoms with Crippen LogP contribution < -0.4 is 16.3 Å². The van der Waals surface area contributed by atoms with Crippen LogP contribution in [0.1, 0.15) is 6.42 Å². The van der Waals surface area contributed by atoms with Gasteiger partial charge in [0.2, 0.25) is 5.91 Å². The third-order valence-corrected chi connectivity index (χ3v) is 2.85. The van der Waals surface area contributed by atoms with Crippen LogP contribution in [0.5, 0.6) is 0 Å². The van der Waals surface area contributed by atoms with E-state index in [1.165, 1.54) is 0 Å². The number of nitrogens with one attached hydrogen (secondary N) is 2. The van der Waals surface area contributed by atoms with Crippen molar-refractivity contribution in [1.82, 2.24) is 10.5 Å². The average molecular weight is 300 g/mol. The fraction of sp³-hybridized carbons (Fsp3) is 0.300. The van der Waals surface area contributed by atoms with E-state index < -0.39 is 0 Å². The lowest BCUT2D eigenvalue weighted by atomic mass is 10.0. The molecule has 0 aliphatic carbocycles. The lowest BCUT2D eigenvalue weighted by Crippen LogP contribution is -2.49. The monoisotopic (exact) mass is 299 g/mol. The van der Waals surface area contributed by atoms with Crippen LogP contribution in [-0.2, 0) is 9.45 Å². The molecule has 0 fully saturated rings. The molecule has 0 radical (unpaired) electrons. The van der Waals surface area contributed by atoms with Crippen LogP contribution in [-0.4, -0.2) is 26.7 Å². The first-order valence-corrected chi connectivity index (χ1v) is 5.89. The lowest BCUT2D eigenvalue weighted by molar-refractivity contribution is -0.122. The Morgan fingerprint density at radius 2 is 2.53 bits per heavy atom. The van der Waals surface area contributed by atoms with Gasteiger partial charge < -0.3 is 20.9 Å². The van der Waals surface area contributed by atoms with Crippen molar-refractivity contribution in [3.05, 3.63) is 34.6 Å². The molecule has 0 spiro atoms. The van der Waals surface area contributed by atoms with Crippen molar-refractivity contribution in [1.29, 1.82) is 0 Å². The smallest absolute Gasteiger partial charge is 0.361 e. The van der Waals surface area contributed by atoms with E-state index in [0.717, 1.165) is 4.48 Å². The van der Waals surface area contributed by atoms with E-state index in [9.17, 15) is 4.79 Å². The minimum atomic E-state index is -0.352. The molecule has 4 N–H and O–H groups in total. The summed E-state index contributed by atoms with van der Waals surface area (Å²) in [5.74, 6) is -0.119. The molecule has 0 unspecified atom stereocenters. The Balaban J connectivity index is 2.77. The van der Waals surface area contributed by atoms with Crippen LogP contribution >= 0.6 is 15.9 Å². The molecule has 0 saturated heterocycles. The molecule has 0 saturated carbocycles. The third kappa shape index (κ3) is 4.03. The maximum absolute atomic E-state index is 11.7. The number of carbonyl (C=O) groups excluding carboxylic acids is 1. The molecule has 1 heterocycles. The van der Waals surface area contributed by atoms with Crippen molar-refractivity contribution in [3.8, 4) is 0 Å². The van der Waals surface area contributed by atoms with Gasteiger partial charge in [-0.25, -0.2) is 0 Å². The SMILES string of the molecule is C=C/C(Br)=C\C1=C(N)C[C@@H](NBOC)C(=O)N1. The summed E-state index contributed by atoms with van der Waals surface area (Å²) in [4.78, 5) is 11.7. The molecule has 7 heteroatoms. The van der Waals surface area contributed by atoms with Gasteiger partial charge in [0.25, 0.3) is 0 Å². The van der Waals surface area contributed by atoms with Gasteiger partial charge in [0.1, 0.15) is 0 Å². The van der Waals surface area contributed by atoms with Crippen LogP contribution in [0.2, 0.25) is 0 Å². The van der Waals surface area contributed by atoms with Gasteiger partial charge in [-0.15, -0.1) is 0 Å². The number of hydrogen-bond donors (Lipinski definition) is 3. The Labute approximate surface area is 110 Å². The zero-order chi connectivity index (χ0) is 12.8. The average Bonchev–Trinajstić information content (AvgIpc) is 2.31. The Kier molecular flexibility index (Phi) is 5.47. The first-order valence-electron chi connectivity index (χ1n) is 5.10. The zero-order valence-electron chi connectivity index (χ0n) is 9.63. The second-order valence-corrected chi connectivity index (χ2v) is 4.47. The highest BCUT2D eigenvalue weighted by Gasteiger charge is 2.25. The number of hydrogen-bond acceptors (Lipinski definition) is 4. The van der Waals surface area contributed by atoms with E-state index in [2.05, 4.69) is 33.1 Å². The first-order chi connectivity index (χ1) is 8.08. The molecule has 0 aromatic carbocycles. The lowest BCUT2D eigenvalue weighted by Gasteiger charge is -2.24. The fourth-order valence-electron chi connectivity index (χ4n) is 1.40. The molecule has 1 aliphatic rings. The minimum Gasteiger partial charge on any atom is -0.427 e. The van der Waals surface area contributed by atoms with Crippen molar-refractivity contribution < 1.29 is 9.45 Å². The number of allylic oxidation sites excluding steroid dienone is 3. The van der Waals surface area contributed by atoms with E-state index in [4.69, 9.17) is 10.4 Å². The summed E-state index contributed by atoms with van der Waals surface area (Å²) in [6.07, 6.45) is 3.81. The van der Waals surface area contributed by atoms with Gasteiger partial charge >= 0.3 is 7.62 Å². The van der Waals surface area contributed by atoms with E-state index in [-0.39, 0.29) is 11.9 Å². The predicted octanol–water partition coefficient (Wildman–Crippen LogP) is 0.0125. The fourth-order valence-corrected chi connectivity index (χ4v) is 1.63. The van der Waals surface area contributed by atoms with Crippen molar-refractivity contribution in [2.75, 3.05) is 7.11 Å². The summed E-state index contributed by atoms with van der Waals surface area (Å²) >= 11 is 3.28. The van der Waals surface area contributed by atoms with Gasteiger partial charge in [0, 0.05) is 23.7 Å². The molecule has 0 aromatic rings. The number of amides is 1. The second kappa shape index (κ2) is 6.63. The van der Waals surface area contributed by atoms with Crippen LogP contribution in [0.25, 0.3) is 0 Å². The number of carbonyl (C=O) groups is 1.